The maximum absolute atomic E-state index is 12.8. The maximum Gasteiger partial charge on any atom is 0.261 e. The minimum atomic E-state index is -0.0519. The number of rotatable bonds is 8. The molecule has 176 valence electrons. The zero-order chi connectivity index (χ0) is 24.2. The van der Waals surface area contributed by atoms with Crippen molar-refractivity contribution in [2.24, 2.45) is 7.05 Å². The van der Waals surface area contributed by atoms with E-state index in [4.69, 9.17) is 9.72 Å². The van der Waals surface area contributed by atoms with Gasteiger partial charge in [0, 0.05) is 19.2 Å². The normalized spacial score (nSPS) is 11.1. The molecule has 2 aromatic heterocycles. The summed E-state index contributed by atoms with van der Waals surface area (Å²) >= 11 is 1.51. The van der Waals surface area contributed by atoms with Crippen LogP contribution >= 0.6 is 11.8 Å². The quantitative estimate of drug-likeness (QED) is 0.295. The lowest BCUT2D eigenvalue weighted by Crippen LogP contribution is -2.22. The van der Waals surface area contributed by atoms with Gasteiger partial charge in [0.1, 0.15) is 17.4 Å². The Morgan fingerprint density at radius 3 is 2.40 bits per heavy atom. The zero-order valence-electron chi connectivity index (χ0n) is 19.6. The van der Waals surface area contributed by atoms with E-state index in [1.54, 1.807) is 17.7 Å². The van der Waals surface area contributed by atoms with Crippen LogP contribution in [0.15, 0.2) is 88.8 Å². The first kappa shape index (κ1) is 22.9. The van der Waals surface area contributed by atoms with Crippen molar-refractivity contribution in [3.63, 3.8) is 0 Å². The third kappa shape index (κ3) is 4.83. The van der Waals surface area contributed by atoms with E-state index in [1.807, 2.05) is 67.6 Å². The van der Waals surface area contributed by atoms with Crippen LogP contribution in [0.25, 0.3) is 16.6 Å². The Bertz CT molecular complexity index is 1510. The van der Waals surface area contributed by atoms with Gasteiger partial charge in [-0.3, -0.25) is 13.9 Å². The smallest absolute Gasteiger partial charge is 0.261 e. The summed E-state index contributed by atoms with van der Waals surface area (Å²) in [5, 5.41) is 10.4. The van der Waals surface area contributed by atoms with Gasteiger partial charge >= 0.3 is 0 Å². The van der Waals surface area contributed by atoms with E-state index in [-0.39, 0.29) is 5.56 Å². The minimum Gasteiger partial charge on any atom is -0.494 e. The minimum absolute atomic E-state index is 0.0519. The predicted octanol–water partition coefficient (Wildman–Crippen LogP) is 4.80. The van der Waals surface area contributed by atoms with E-state index >= 15 is 0 Å². The topological polar surface area (TPSA) is 74.8 Å². The molecule has 0 amide bonds. The van der Waals surface area contributed by atoms with Gasteiger partial charge in [-0.15, -0.1) is 10.2 Å². The summed E-state index contributed by atoms with van der Waals surface area (Å²) in [7, 11) is 1.76. The van der Waals surface area contributed by atoms with Crippen LogP contribution in [0.1, 0.15) is 24.1 Å². The van der Waals surface area contributed by atoms with E-state index in [9.17, 15) is 4.79 Å². The van der Waals surface area contributed by atoms with Crippen molar-refractivity contribution in [2.75, 3.05) is 6.61 Å². The number of aromatic nitrogens is 5. The van der Waals surface area contributed by atoms with Gasteiger partial charge < -0.3 is 4.74 Å². The molecule has 0 spiro atoms. The molecule has 35 heavy (non-hydrogen) atoms. The first-order chi connectivity index (χ1) is 17.1. The Balaban J connectivity index is 1.49. The summed E-state index contributed by atoms with van der Waals surface area (Å²) in [5.74, 6) is 2.82. The van der Waals surface area contributed by atoms with E-state index < -0.39 is 0 Å². The second-order valence-corrected chi connectivity index (χ2v) is 8.96. The molecule has 0 atom stereocenters. The number of hydrogen-bond acceptors (Lipinski definition) is 6. The van der Waals surface area contributed by atoms with Crippen molar-refractivity contribution in [1.29, 1.82) is 0 Å². The molecule has 8 heteroatoms. The zero-order valence-corrected chi connectivity index (χ0v) is 20.4. The molecule has 0 saturated heterocycles. The summed E-state index contributed by atoms with van der Waals surface area (Å²) < 4.78 is 9.28. The van der Waals surface area contributed by atoms with Gasteiger partial charge in [-0.25, -0.2) is 4.98 Å². The SMILES string of the molecule is CCOc1ccc(-n2c(Cc3ccccc3)nnc2SCc2nc3ccccc3c(=O)n2C)cc1. The van der Waals surface area contributed by atoms with E-state index in [1.165, 1.54) is 11.8 Å². The summed E-state index contributed by atoms with van der Waals surface area (Å²) in [5.41, 5.74) is 2.75. The molecule has 0 aliphatic carbocycles. The standard InChI is InChI=1S/C27H25N5O2S/c1-3-34-21-15-13-20(14-16-21)32-24(17-19-9-5-4-6-10-19)29-30-27(32)35-18-25-28-23-12-8-7-11-22(23)26(33)31(25)2/h4-16H,3,17-18H2,1-2H3. The van der Waals surface area contributed by atoms with Crippen LogP contribution in [0.4, 0.5) is 0 Å². The number of para-hydroxylation sites is 1. The third-order valence-corrected chi connectivity index (χ3v) is 6.64. The van der Waals surface area contributed by atoms with E-state index in [0.717, 1.165) is 28.0 Å². The fraction of sp³-hybridized carbons (Fsp3) is 0.185. The van der Waals surface area contributed by atoms with Crippen LogP contribution in [0.3, 0.4) is 0 Å². The Morgan fingerprint density at radius 2 is 1.63 bits per heavy atom. The molecule has 0 aliphatic rings. The Hall–Kier alpha value is -3.91. The molecule has 5 rings (SSSR count). The Labute approximate surface area is 207 Å². The van der Waals surface area contributed by atoms with Gasteiger partial charge in [-0.05, 0) is 48.9 Å². The number of benzene rings is 3. The number of thioether (sulfide) groups is 1. The van der Waals surface area contributed by atoms with Crippen LogP contribution in [-0.2, 0) is 19.2 Å². The van der Waals surface area contributed by atoms with Crippen molar-refractivity contribution in [1.82, 2.24) is 24.3 Å². The number of ether oxygens (including phenoxy) is 1. The molecular weight excluding hydrogens is 458 g/mol. The molecule has 0 fully saturated rings. The molecule has 0 saturated carbocycles. The average Bonchev–Trinajstić information content (AvgIpc) is 3.29. The van der Waals surface area contributed by atoms with E-state index in [0.29, 0.717) is 35.5 Å². The van der Waals surface area contributed by atoms with Crippen LogP contribution in [0.5, 0.6) is 5.75 Å². The summed E-state index contributed by atoms with van der Waals surface area (Å²) in [6.45, 7) is 2.58. The van der Waals surface area contributed by atoms with Gasteiger partial charge in [0.2, 0.25) is 0 Å². The Kier molecular flexibility index (Phi) is 6.63. The molecule has 7 nitrogen and oxygen atoms in total. The summed E-state index contributed by atoms with van der Waals surface area (Å²) in [4.78, 5) is 17.5. The highest BCUT2D eigenvalue weighted by Crippen LogP contribution is 2.27. The highest BCUT2D eigenvalue weighted by molar-refractivity contribution is 7.98. The van der Waals surface area contributed by atoms with Crippen LogP contribution in [-0.4, -0.2) is 30.9 Å². The highest BCUT2D eigenvalue weighted by Gasteiger charge is 2.17. The first-order valence-corrected chi connectivity index (χ1v) is 12.4. The van der Waals surface area contributed by atoms with Crippen molar-refractivity contribution < 1.29 is 4.74 Å². The number of hydrogen-bond donors (Lipinski definition) is 0. The van der Waals surface area contributed by atoms with Crippen molar-refractivity contribution in [2.45, 2.75) is 24.3 Å². The molecule has 0 unspecified atom stereocenters. The molecule has 0 N–H and O–H groups in total. The first-order valence-electron chi connectivity index (χ1n) is 11.4. The van der Waals surface area contributed by atoms with Gasteiger partial charge in [0.25, 0.3) is 5.56 Å². The summed E-state index contributed by atoms with van der Waals surface area (Å²) in [6, 6.07) is 25.6. The van der Waals surface area contributed by atoms with Gasteiger partial charge in [-0.2, -0.15) is 0 Å². The second-order valence-electron chi connectivity index (χ2n) is 8.02. The number of fused-ring (bicyclic) bond motifs is 1. The molecule has 3 aromatic carbocycles. The molecule has 2 heterocycles. The second kappa shape index (κ2) is 10.1. The molecule has 0 radical (unpaired) electrons. The van der Waals surface area contributed by atoms with E-state index in [2.05, 4.69) is 26.9 Å². The van der Waals surface area contributed by atoms with Crippen molar-refractivity contribution in [3.05, 3.63) is 106 Å². The molecule has 0 bridgehead atoms. The monoisotopic (exact) mass is 483 g/mol. The molecule has 0 aliphatic heterocycles. The Morgan fingerprint density at radius 1 is 0.886 bits per heavy atom. The lowest BCUT2D eigenvalue weighted by atomic mass is 10.1. The average molecular weight is 484 g/mol. The fourth-order valence-electron chi connectivity index (χ4n) is 3.93. The van der Waals surface area contributed by atoms with Gasteiger partial charge in [-0.1, -0.05) is 54.2 Å². The lowest BCUT2D eigenvalue weighted by Gasteiger charge is -2.12. The lowest BCUT2D eigenvalue weighted by molar-refractivity contribution is 0.340. The van der Waals surface area contributed by atoms with Crippen molar-refractivity contribution in [3.8, 4) is 11.4 Å². The predicted molar refractivity (Wildman–Crippen MR) is 138 cm³/mol. The largest absolute Gasteiger partial charge is 0.494 e. The van der Waals surface area contributed by atoms with Crippen molar-refractivity contribution >= 4 is 22.7 Å². The fourth-order valence-corrected chi connectivity index (χ4v) is 4.88. The summed E-state index contributed by atoms with van der Waals surface area (Å²) in [6.07, 6.45) is 0.647. The maximum atomic E-state index is 12.8. The highest BCUT2D eigenvalue weighted by atomic mass is 32.2. The van der Waals surface area contributed by atoms with Crippen LogP contribution in [0, 0.1) is 0 Å². The number of nitrogens with zero attached hydrogens (tertiary/aromatic N) is 5. The van der Waals surface area contributed by atoms with Crippen LogP contribution < -0.4 is 10.3 Å². The third-order valence-electron chi connectivity index (χ3n) is 5.72. The molecule has 5 aromatic rings. The van der Waals surface area contributed by atoms with Gasteiger partial charge in [0.05, 0.1) is 23.3 Å². The van der Waals surface area contributed by atoms with Gasteiger partial charge in [0.15, 0.2) is 5.16 Å². The molecular formula is C27H25N5O2S. The van der Waals surface area contributed by atoms with Crippen LogP contribution in [0.2, 0.25) is 0 Å².